The fourth-order valence-corrected chi connectivity index (χ4v) is 3.25. The summed E-state index contributed by atoms with van der Waals surface area (Å²) in [6, 6.07) is 6.67. The molecule has 0 fully saturated rings. The average Bonchev–Trinajstić information content (AvgIpc) is 2.90. The number of benzene rings is 1. The van der Waals surface area contributed by atoms with Crippen molar-refractivity contribution in [3.63, 3.8) is 0 Å². The number of aromatic nitrogens is 3. The van der Waals surface area contributed by atoms with Crippen molar-refractivity contribution in [3.8, 4) is 5.75 Å². The van der Waals surface area contributed by atoms with Gasteiger partial charge < -0.3 is 9.72 Å². The number of nitrogens with zero attached hydrogens (tertiary/aromatic N) is 2. The first kappa shape index (κ1) is 15.6. The van der Waals surface area contributed by atoms with Gasteiger partial charge in [0.1, 0.15) is 5.52 Å². The SMILES string of the molecule is COc1ccc(CSc2nc3cc(C)[nH]c3c(=O)n2C)cc1F. The Bertz CT molecular complexity index is 933. The van der Waals surface area contributed by atoms with Crippen LogP contribution in [-0.2, 0) is 12.8 Å². The second kappa shape index (κ2) is 6.08. The first-order chi connectivity index (χ1) is 11.0. The Morgan fingerprint density at radius 2 is 2.17 bits per heavy atom. The quantitative estimate of drug-likeness (QED) is 0.589. The zero-order chi connectivity index (χ0) is 16.6. The number of halogens is 1. The van der Waals surface area contributed by atoms with E-state index in [1.807, 2.05) is 13.0 Å². The van der Waals surface area contributed by atoms with Crippen molar-refractivity contribution >= 4 is 22.8 Å². The molecule has 120 valence electrons. The van der Waals surface area contributed by atoms with Gasteiger partial charge in [0.25, 0.3) is 5.56 Å². The maximum atomic E-state index is 13.7. The van der Waals surface area contributed by atoms with Crippen molar-refractivity contribution in [2.24, 2.45) is 7.05 Å². The van der Waals surface area contributed by atoms with Crippen LogP contribution in [0.25, 0.3) is 11.0 Å². The van der Waals surface area contributed by atoms with Crippen LogP contribution < -0.4 is 10.3 Å². The van der Waals surface area contributed by atoms with Gasteiger partial charge in [0.15, 0.2) is 16.7 Å². The van der Waals surface area contributed by atoms with Crippen molar-refractivity contribution in [1.82, 2.24) is 14.5 Å². The van der Waals surface area contributed by atoms with Crippen LogP contribution >= 0.6 is 11.8 Å². The molecular formula is C16H16FN3O2S. The molecule has 0 bridgehead atoms. The molecule has 7 heteroatoms. The first-order valence-corrected chi connectivity index (χ1v) is 7.99. The van der Waals surface area contributed by atoms with E-state index >= 15 is 0 Å². The van der Waals surface area contributed by atoms with Crippen molar-refractivity contribution in [1.29, 1.82) is 0 Å². The molecule has 0 saturated carbocycles. The summed E-state index contributed by atoms with van der Waals surface area (Å²) in [5.74, 6) is 0.327. The van der Waals surface area contributed by atoms with E-state index in [1.54, 1.807) is 19.2 Å². The van der Waals surface area contributed by atoms with Crippen LogP contribution in [0, 0.1) is 12.7 Å². The maximum Gasteiger partial charge on any atom is 0.278 e. The van der Waals surface area contributed by atoms with Crippen LogP contribution in [0.1, 0.15) is 11.3 Å². The lowest BCUT2D eigenvalue weighted by atomic mass is 10.2. The lowest BCUT2D eigenvalue weighted by molar-refractivity contribution is 0.386. The Kier molecular flexibility index (Phi) is 4.12. The molecule has 5 nitrogen and oxygen atoms in total. The Balaban J connectivity index is 1.88. The molecule has 0 aliphatic carbocycles. The predicted molar refractivity (Wildman–Crippen MR) is 88.6 cm³/mol. The summed E-state index contributed by atoms with van der Waals surface area (Å²) in [5.41, 5.74) is 2.72. The molecule has 3 aromatic rings. The molecule has 3 rings (SSSR count). The molecule has 0 atom stereocenters. The minimum Gasteiger partial charge on any atom is -0.494 e. The fraction of sp³-hybridized carbons (Fsp3) is 0.250. The average molecular weight is 333 g/mol. The third-order valence-corrected chi connectivity index (χ3v) is 4.64. The summed E-state index contributed by atoms with van der Waals surface area (Å²) in [5, 5.41) is 0.595. The number of aromatic amines is 1. The van der Waals surface area contributed by atoms with Gasteiger partial charge in [0.2, 0.25) is 0 Å². The minimum absolute atomic E-state index is 0.119. The van der Waals surface area contributed by atoms with Crippen molar-refractivity contribution < 1.29 is 9.13 Å². The molecule has 0 aliphatic heterocycles. The predicted octanol–water partition coefficient (Wildman–Crippen LogP) is 3.01. The topological polar surface area (TPSA) is 59.9 Å². The molecule has 0 aliphatic rings. The molecule has 2 aromatic heterocycles. The summed E-state index contributed by atoms with van der Waals surface area (Å²) in [4.78, 5) is 19.8. The van der Waals surface area contributed by atoms with Crippen LogP contribution in [0.2, 0.25) is 0 Å². The monoisotopic (exact) mass is 333 g/mol. The van der Waals surface area contributed by atoms with Crippen molar-refractivity contribution in [2.75, 3.05) is 7.11 Å². The van der Waals surface area contributed by atoms with E-state index in [1.165, 1.54) is 29.5 Å². The van der Waals surface area contributed by atoms with Crippen LogP contribution in [0.5, 0.6) is 5.75 Å². The van der Waals surface area contributed by atoms with Gasteiger partial charge in [-0.3, -0.25) is 9.36 Å². The molecule has 1 N–H and O–H groups in total. The van der Waals surface area contributed by atoms with E-state index in [4.69, 9.17) is 4.74 Å². The second-order valence-electron chi connectivity index (χ2n) is 5.23. The zero-order valence-electron chi connectivity index (χ0n) is 13.0. The normalized spacial score (nSPS) is 11.1. The highest BCUT2D eigenvalue weighted by molar-refractivity contribution is 7.98. The number of ether oxygens (including phenoxy) is 1. The number of hydrogen-bond donors (Lipinski definition) is 1. The largest absolute Gasteiger partial charge is 0.494 e. The molecule has 0 unspecified atom stereocenters. The van der Waals surface area contributed by atoms with Gasteiger partial charge in [-0.1, -0.05) is 17.8 Å². The second-order valence-corrected chi connectivity index (χ2v) is 6.17. The van der Waals surface area contributed by atoms with Crippen LogP contribution in [-0.4, -0.2) is 21.6 Å². The highest BCUT2D eigenvalue weighted by Crippen LogP contribution is 2.24. The van der Waals surface area contributed by atoms with Crippen LogP contribution in [0.4, 0.5) is 4.39 Å². The van der Waals surface area contributed by atoms with Crippen molar-refractivity contribution in [2.45, 2.75) is 17.8 Å². The number of fused-ring (bicyclic) bond motifs is 1. The molecule has 0 saturated heterocycles. The molecule has 2 heterocycles. The van der Waals surface area contributed by atoms with E-state index in [9.17, 15) is 9.18 Å². The summed E-state index contributed by atoms with van der Waals surface area (Å²) >= 11 is 1.39. The van der Waals surface area contributed by atoms with E-state index in [2.05, 4.69) is 9.97 Å². The third-order valence-electron chi connectivity index (χ3n) is 3.54. The summed E-state index contributed by atoms with van der Waals surface area (Å²) in [6.45, 7) is 1.88. The maximum absolute atomic E-state index is 13.7. The summed E-state index contributed by atoms with van der Waals surface area (Å²) in [6.07, 6.45) is 0. The Morgan fingerprint density at radius 3 is 2.87 bits per heavy atom. The van der Waals surface area contributed by atoms with Gasteiger partial charge in [-0.25, -0.2) is 9.37 Å². The van der Waals surface area contributed by atoms with Crippen molar-refractivity contribution in [3.05, 3.63) is 51.7 Å². The number of methoxy groups -OCH3 is 1. The Hall–Kier alpha value is -2.28. The molecule has 23 heavy (non-hydrogen) atoms. The molecule has 0 spiro atoms. The standard InChI is InChI=1S/C16H16FN3O2S/c1-9-6-12-14(18-9)15(21)20(2)16(19-12)23-8-10-4-5-13(22-3)11(17)7-10/h4-7,18H,8H2,1-3H3. The van der Waals surface area contributed by atoms with Gasteiger partial charge in [-0.2, -0.15) is 0 Å². The van der Waals surface area contributed by atoms with E-state index < -0.39 is 5.82 Å². The Morgan fingerprint density at radius 1 is 1.39 bits per heavy atom. The van der Waals surface area contributed by atoms with Gasteiger partial charge in [-0.15, -0.1) is 0 Å². The molecule has 0 radical (unpaired) electrons. The number of hydrogen-bond acceptors (Lipinski definition) is 4. The van der Waals surface area contributed by atoms with Crippen LogP contribution in [0.3, 0.4) is 0 Å². The number of thioether (sulfide) groups is 1. The minimum atomic E-state index is -0.399. The first-order valence-electron chi connectivity index (χ1n) is 7.01. The van der Waals surface area contributed by atoms with E-state index in [0.717, 1.165) is 11.3 Å². The highest BCUT2D eigenvalue weighted by Gasteiger charge is 2.11. The van der Waals surface area contributed by atoms with Gasteiger partial charge in [-0.05, 0) is 30.7 Å². The van der Waals surface area contributed by atoms with Gasteiger partial charge in [0, 0.05) is 18.5 Å². The Labute approximate surface area is 136 Å². The fourth-order valence-electron chi connectivity index (χ4n) is 2.34. The van der Waals surface area contributed by atoms with Gasteiger partial charge >= 0.3 is 0 Å². The highest BCUT2D eigenvalue weighted by atomic mass is 32.2. The van der Waals surface area contributed by atoms with E-state index in [0.29, 0.717) is 21.9 Å². The summed E-state index contributed by atoms with van der Waals surface area (Å²) < 4.78 is 20.1. The number of nitrogens with one attached hydrogen (secondary N) is 1. The number of H-pyrrole nitrogens is 1. The molecule has 0 amide bonds. The summed E-state index contributed by atoms with van der Waals surface area (Å²) in [7, 11) is 3.11. The van der Waals surface area contributed by atoms with E-state index in [-0.39, 0.29) is 11.3 Å². The lowest BCUT2D eigenvalue weighted by Gasteiger charge is -2.08. The molecule has 1 aromatic carbocycles. The third kappa shape index (κ3) is 2.96. The zero-order valence-corrected chi connectivity index (χ0v) is 13.8. The number of aryl methyl sites for hydroxylation is 1. The lowest BCUT2D eigenvalue weighted by Crippen LogP contribution is -2.19. The number of rotatable bonds is 4. The molecular weight excluding hydrogens is 317 g/mol. The van der Waals surface area contributed by atoms with Gasteiger partial charge in [0.05, 0.1) is 12.6 Å². The smallest absolute Gasteiger partial charge is 0.278 e. The van der Waals surface area contributed by atoms with Crippen LogP contribution in [0.15, 0.2) is 34.2 Å².